The van der Waals surface area contributed by atoms with E-state index in [4.69, 9.17) is 23.4 Å². The van der Waals surface area contributed by atoms with Gasteiger partial charge < -0.3 is 33.6 Å². The Morgan fingerprint density at radius 2 is 1.42 bits per heavy atom. The SMILES string of the molecule is CC(C)(C)[Si](C)(C)OC1[C@@H]2OC[C@]1(CO)O[C@H]2n1ccc(=O)[nH]c1=O.CC[C@]12CO[C@@H](C1O)[C@H](n1ccc(=O)[nH]c1=O)O2. The molecule has 16 heteroatoms. The summed E-state index contributed by atoms with van der Waals surface area (Å²) in [5, 5.41) is 20.1. The highest BCUT2D eigenvalue weighted by Gasteiger charge is 2.64. The van der Waals surface area contributed by atoms with Crippen LogP contribution in [0.2, 0.25) is 18.1 Å². The van der Waals surface area contributed by atoms with Gasteiger partial charge in [-0.15, -0.1) is 0 Å². The number of H-pyrrole nitrogens is 2. The second-order valence-corrected chi connectivity index (χ2v) is 17.7. The first kappa shape index (κ1) is 31.7. The summed E-state index contributed by atoms with van der Waals surface area (Å²) in [6, 6.07) is 2.49. The van der Waals surface area contributed by atoms with Crippen LogP contribution in [0.1, 0.15) is 46.6 Å². The topological polar surface area (TPSA) is 196 Å². The van der Waals surface area contributed by atoms with Crippen LogP contribution in [0.4, 0.5) is 0 Å². The lowest BCUT2D eigenvalue weighted by molar-refractivity contribution is -0.187. The smallest absolute Gasteiger partial charge is 0.330 e. The number of hydrogen-bond acceptors (Lipinski definition) is 11. The van der Waals surface area contributed by atoms with Crippen molar-refractivity contribution in [3.05, 3.63) is 66.2 Å². The molecule has 238 valence electrons. The molecule has 4 bridgehead atoms. The van der Waals surface area contributed by atoms with E-state index in [0.29, 0.717) is 13.0 Å². The third-order valence-corrected chi connectivity index (χ3v) is 13.8. The van der Waals surface area contributed by atoms with Crippen LogP contribution in [0.5, 0.6) is 0 Å². The van der Waals surface area contributed by atoms with Gasteiger partial charge in [-0.25, -0.2) is 9.59 Å². The summed E-state index contributed by atoms with van der Waals surface area (Å²) in [5.74, 6) is 0. The van der Waals surface area contributed by atoms with Crippen LogP contribution >= 0.6 is 0 Å². The summed E-state index contributed by atoms with van der Waals surface area (Å²) < 4.78 is 32.2. The second kappa shape index (κ2) is 11.0. The van der Waals surface area contributed by atoms with Crippen LogP contribution < -0.4 is 22.5 Å². The maximum atomic E-state index is 12.1. The third kappa shape index (κ3) is 5.33. The van der Waals surface area contributed by atoms with Gasteiger partial charge in [-0.2, -0.15) is 0 Å². The summed E-state index contributed by atoms with van der Waals surface area (Å²) in [6.07, 6.45) is -0.444. The third-order valence-electron chi connectivity index (χ3n) is 9.32. The van der Waals surface area contributed by atoms with Crippen molar-refractivity contribution in [2.24, 2.45) is 0 Å². The average Bonchev–Trinajstić information content (AvgIpc) is 3.62. The zero-order valence-electron chi connectivity index (χ0n) is 25.1. The Balaban J connectivity index is 0.000000180. The van der Waals surface area contributed by atoms with Crippen molar-refractivity contribution >= 4 is 8.32 Å². The van der Waals surface area contributed by atoms with E-state index >= 15 is 0 Å². The summed E-state index contributed by atoms with van der Waals surface area (Å²) in [4.78, 5) is 50.5. The fourth-order valence-electron chi connectivity index (χ4n) is 5.63. The molecule has 0 aliphatic carbocycles. The largest absolute Gasteiger partial charge is 0.408 e. The Morgan fingerprint density at radius 3 is 1.88 bits per heavy atom. The fraction of sp³-hybridized carbons (Fsp3) is 0.704. The number of nitrogens with one attached hydrogen (secondary N) is 2. The van der Waals surface area contributed by atoms with Crippen LogP contribution in [-0.4, -0.2) is 93.1 Å². The summed E-state index contributed by atoms with van der Waals surface area (Å²) in [5.41, 5.74) is -3.83. The lowest BCUT2D eigenvalue weighted by Crippen LogP contribution is -2.52. The molecule has 2 aromatic rings. The quantitative estimate of drug-likeness (QED) is 0.304. The molecule has 0 aromatic carbocycles. The highest BCUT2D eigenvalue weighted by molar-refractivity contribution is 6.74. The number of ether oxygens (including phenoxy) is 4. The van der Waals surface area contributed by atoms with E-state index in [1.54, 1.807) is 0 Å². The molecule has 8 atom stereocenters. The predicted octanol–water partition coefficient (Wildman–Crippen LogP) is -0.440. The van der Waals surface area contributed by atoms with Gasteiger partial charge in [0.1, 0.15) is 35.6 Å². The monoisotopic (exact) mass is 624 g/mol. The van der Waals surface area contributed by atoms with Gasteiger partial charge in [0.05, 0.1) is 19.8 Å². The van der Waals surface area contributed by atoms with Crippen molar-refractivity contribution in [2.45, 2.75) is 100 Å². The summed E-state index contributed by atoms with van der Waals surface area (Å²) in [7, 11) is -2.15. The standard InChI is InChI=1S/C16H26N2O6Si.C11H14N2O5/c1-15(2,3)25(4,5)24-12-11-13(23-16(12,8-19)9-22-11)18-7-6-10(20)17-14(18)21;1-2-11-5-17-7(8(11)15)9(18-11)13-4-3-6(14)12-10(13)16/h6-7,11-13,19H,8-9H2,1-5H3,(H,17,20,21);3-4,7-9,15H,2,5H2,1H3,(H,12,14,16)/t11-,12?,13+,16-;7-,8?,9+,11-/m00/s1. The molecule has 4 aliphatic heterocycles. The van der Waals surface area contributed by atoms with Crippen molar-refractivity contribution in [3.8, 4) is 0 Å². The minimum atomic E-state index is -2.15. The Labute approximate surface area is 247 Å². The van der Waals surface area contributed by atoms with Gasteiger partial charge in [-0.05, 0) is 24.6 Å². The Morgan fingerprint density at radius 1 is 0.930 bits per heavy atom. The highest BCUT2D eigenvalue weighted by Crippen LogP contribution is 2.49. The molecular formula is C27H40N4O11Si. The maximum Gasteiger partial charge on any atom is 0.330 e. The number of hydrogen-bond donors (Lipinski definition) is 4. The van der Waals surface area contributed by atoms with Crippen molar-refractivity contribution in [3.63, 3.8) is 0 Å². The normalized spacial score (nSPS) is 34.8. The molecule has 4 fully saturated rings. The molecule has 43 heavy (non-hydrogen) atoms. The molecule has 0 amide bonds. The van der Waals surface area contributed by atoms with E-state index < -0.39 is 78.9 Å². The van der Waals surface area contributed by atoms with Crippen LogP contribution in [0.3, 0.4) is 0 Å². The molecule has 15 nitrogen and oxygen atoms in total. The van der Waals surface area contributed by atoms with E-state index in [0.717, 1.165) is 0 Å². The molecular weight excluding hydrogens is 584 g/mol. The van der Waals surface area contributed by atoms with Crippen molar-refractivity contribution in [2.75, 3.05) is 19.8 Å². The van der Waals surface area contributed by atoms with Crippen LogP contribution in [0.15, 0.2) is 43.7 Å². The van der Waals surface area contributed by atoms with Gasteiger partial charge in [-0.1, -0.05) is 27.7 Å². The number of aromatic amines is 2. The Kier molecular flexibility index (Phi) is 8.13. The highest BCUT2D eigenvalue weighted by atomic mass is 28.4. The minimum absolute atomic E-state index is 0.0179. The van der Waals surface area contributed by atoms with E-state index in [1.165, 1.54) is 33.7 Å². The first-order valence-electron chi connectivity index (χ1n) is 14.3. The first-order valence-corrected chi connectivity index (χ1v) is 17.2. The van der Waals surface area contributed by atoms with Crippen LogP contribution in [0.25, 0.3) is 0 Å². The molecule has 4 aliphatic rings. The van der Waals surface area contributed by atoms with Crippen LogP contribution in [0, 0.1) is 0 Å². The minimum Gasteiger partial charge on any atom is -0.408 e. The molecule has 2 aromatic heterocycles. The van der Waals surface area contributed by atoms with Crippen molar-refractivity contribution in [1.29, 1.82) is 0 Å². The van der Waals surface area contributed by atoms with E-state index in [9.17, 15) is 29.4 Å². The lowest BCUT2D eigenvalue weighted by Gasteiger charge is -2.40. The maximum absolute atomic E-state index is 12.1. The van der Waals surface area contributed by atoms with E-state index in [2.05, 4.69) is 43.8 Å². The number of fused-ring (bicyclic) bond motifs is 4. The number of aliphatic hydroxyl groups excluding tert-OH is 2. The molecule has 0 saturated carbocycles. The average molecular weight is 625 g/mol. The number of nitrogens with zero attached hydrogens (tertiary/aromatic N) is 2. The van der Waals surface area contributed by atoms with Gasteiger partial charge in [0.15, 0.2) is 20.8 Å². The Bertz CT molecular complexity index is 1580. The fourth-order valence-corrected chi connectivity index (χ4v) is 6.97. The van der Waals surface area contributed by atoms with Crippen molar-refractivity contribution in [1.82, 2.24) is 19.1 Å². The van der Waals surface area contributed by atoms with Crippen LogP contribution in [-0.2, 0) is 23.4 Å². The van der Waals surface area contributed by atoms with Gasteiger partial charge in [-0.3, -0.25) is 28.7 Å². The van der Waals surface area contributed by atoms with E-state index in [-0.39, 0.29) is 18.3 Å². The predicted molar refractivity (Wildman–Crippen MR) is 153 cm³/mol. The van der Waals surface area contributed by atoms with Gasteiger partial charge in [0.2, 0.25) is 0 Å². The zero-order valence-corrected chi connectivity index (χ0v) is 26.1. The molecule has 4 saturated heterocycles. The van der Waals surface area contributed by atoms with Crippen molar-refractivity contribution < 1.29 is 33.6 Å². The number of aliphatic hydroxyl groups is 2. The zero-order chi connectivity index (χ0) is 31.5. The van der Waals surface area contributed by atoms with Gasteiger partial charge in [0.25, 0.3) is 11.1 Å². The number of aromatic nitrogens is 4. The molecule has 2 unspecified atom stereocenters. The second-order valence-electron chi connectivity index (χ2n) is 13.0. The molecule has 4 N–H and O–H groups in total. The summed E-state index contributed by atoms with van der Waals surface area (Å²) in [6.45, 7) is 12.8. The summed E-state index contributed by atoms with van der Waals surface area (Å²) >= 11 is 0. The van der Waals surface area contributed by atoms with Gasteiger partial charge >= 0.3 is 11.4 Å². The molecule has 6 heterocycles. The molecule has 0 spiro atoms. The Hall–Kier alpha value is -2.70. The lowest BCUT2D eigenvalue weighted by atomic mass is 9.96. The first-order chi connectivity index (χ1) is 20.1. The van der Waals surface area contributed by atoms with Gasteiger partial charge in [0, 0.05) is 24.5 Å². The molecule has 0 radical (unpaired) electrons. The van der Waals surface area contributed by atoms with E-state index in [1.807, 2.05) is 6.92 Å². The molecule has 6 rings (SSSR count). The number of rotatable bonds is 6.